The second-order valence-electron chi connectivity index (χ2n) is 6.64. The van der Waals surface area contributed by atoms with E-state index in [0.29, 0.717) is 28.9 Å². The smallest absolute Gasteiger partial charge is 0.506 e. The highest BCUT2D eigenvalue weighted by molar-refractivity contribution is 7.38. The predicted molar refractivity (Wildman–Crippen MR) is 120 cm³/mol. The van der Waals surface area contributed by atoms with Crippen LogP contribution in [0.25, 0.3) is 16.7 Å². The zero-order chi connectivity index (χ0) is 23.4. The fraction of sp³-hybridized carbons (Fsp3) is 0.211. The molecule has 0 fully saturated rings. The summed E-state index contributed by atoms with van der Waals surface area (Å²) in [6, 6.07) is 9.62. The molecule has 3 N–H and O–H groups in total. The van der Waals surface area contributed by atoms with Crippen molar-refractivity contribution in [1.29, 1.82) is 0 Å². The van der Waals surface area contributed by atoms with E-state index in [1.165, 1.54) is 29.7 Å². The van der Waals surface area contributed by atoms with E-state index in [-0.39, 0.29) is 41.9 Å². The third kappa shape index (κ3) is 5.61. The maximum atomic E-state index is 11.4. The number of nitrogens with zero attached hydrogens (tertiary/aromatic N) is 6. The molecule has 4 rings (SSSR count). The fourth-order valence-corrected chi connectivity index (χ4v) is 3.34. The average Bonchev–Trinajstić information content (AvgIpc) is 3.18. The van der Waals surface area contributed by atoms with Gasteiger partial charge in [0.1, 0.15) is 22.5 Å². The van der Waals surface area contributed by atoms with Crippen LogP contribution in [0.1, 0.15) is 6.42 Å². The number of halogens is 1. The third-order valence-electron chi connectivity index (χ3n) is 4.15. The average molecular weight is 491 g/mol. The van der Waals surface area contributed by atoms with E-state index in [1.807, 2.05) is 0 Å². The molecule has 0 saturated carbocycles. The van der Waals surface area contributed by atoms with E-state index < -0.39 is 8.03 Å². The molecule has 0 aliphatic carbocycles. The summed E-state index contributed by atoms with van der Waals surface area (Å²) >= 11 is 5.94. The molecule has 1 unspecified atom stereocenters. The summed E-state index contributed by atoms with van der Waals surface area (Å²) in [7, 11) is -1.86. The summed E-state index contributed by atoms with van der Waals surface area (Å²) < 4.78 is 21.9. The molecule has 12 nitrogen and oxygen atoms in total. The molecule has 33 heavy (non-hydrogen) atoms. The summed E-state index contributed by atoms with van der Waals surface area (Å²) in [5, 5.41) is 30.8. The maximum absolute atomic E-state index is 11.4. The fourth-order valence-electron chi connectivity index (χ4n) is 2.78. The molecule has 0 aliphatic rings. The van der Waals surface area contributed by atoms with Crippen molar-refractivity contribution in [2.75, 3.05) is 25.2 Å². The first-order valence-corrected chi connectivity index (χ1v) is 11.6. The number of aliphatic hydroxyl groups is 1. The molecule has 4 aromatic rings. The summed E-state index contributed by atoms with van der Waals surface area (Å²) in [6.45, 7) is 1.65. The first-order chi connectivity index (χ1) is 15.9. The second kappa shape index (κ2) is 9.90. The van der Waals surface area contributed by atoms with E-state index in [0.717, 1.165) is 0 Å². The van der Waals surface area contributed by atoms with Gasteiger partial charge < -0.3 is 20.3 Å². The van der Waals surface area contributed by atoms with Crippen molar-refractivity contribution in [3.8, 4) is 23.2 Å². The molecule has 170 valence electrons. The van der Waals surface area contributed by atoms with Crippen LogP contribution in [0, 0.1) is 0 Å². The Morgan fingerprint density at radius 1 is 1.12 bits per heavy atom. The normalized spacial score (nSPS) is 11.4. The van der Waals surface area contributed by atoms with Gasteiger partial charge in [-0.25, -0.2) is 0 Å². The molecule has 0 spiro atoms. The van der Waals surface area contributed by atoms with Gasteiger partial charge in [0.25, 0.3) is 0 Å². The summed E-state index contributed by atoms with van der Waals surface area (Å²) in [5.74, 6) is 0.414. The van der Waals surface area contributed by atoms with Crippen molar-refractivity contribution >= 4 is 42.3 Å². The van der Waals surface area contributed by atoms with Crippen molar-refractivity contribution in [3.05, 3.63) is 41.7 Å². The van der Waals surface area contributed by atoms with E-state index in [4.69, 9.17) is 26.0 Å². The highest BCUT2D eigenvalue weighted by Gasteiger charge is 2.15. The van der Waals surface area contributed by atoms with Gasteiger partial charge >= 0.3 is 14.0 Å². The van der Waals surface area contributed by atoms with Crippen LogP contribution in [0.2, 0.25) is 5.28 Å². The number of phenolic OH excluding ortho intramolecular Hbond substituents is 1. The van der Waals surface area contributed by atoms with Crippen LogP contribution < -0.4 is 14.6 Å². The van der Waals surface area contributed by atoms with Crippen LogP contribution in [0.4, 0.5) is 11.6 Å². The largest absolute Gasteiger partial charge is 0.552 e. The minimum atomic E-state index is -1.86. The molecule has 14 heteroatoms. The number of aromatic hydroxyl groups is 1. The van der Waals surface area contributed by atoms with Gasteiger partial charge in [-0.1, -0.05) is 0 Å². The molecular formula is C19H18ClN7O5P+. The molecule has 0 saturated heterocycles. The Kier molecular flexibility index (Phi) is 6.78. The Balaban J connectivity index is 1.59. The molecule has 0 bridgehead atoms. The lowest BCUT2D eigenvalue weighted by Crippen LogP contribution is -2.06. The number of ether oxygens (including phenoxy) is 1. The molecule has 0 radical (unpaired) electrons. The van der Waals surface area contributed by atoms with Crippen molar-refractivity contribution in [3.63, 3.8) is 0 Å². The zero-order valence-electron chi connectivity index (χ0n) is 17.2. The Labute approximate surface area is 193 Å². The highest BCUT2D eigenvalue weighted by atomic mass is 35.5. The molecule has 1 atom stereocenters. The molecule has 0 amide bonds. The lowest BCUT2D eigenvalue weighted by atomic mass is 10.3. The van der Waals surface area contributed by atoms with E-state index in [9.17, 15) is 9.67 Å². The first kappa shape index (κ1) is 22.6. The van der Waals surface area contributed by atoms with E-state index in [1.54, 1.807) is 18.2 Å². The van der Waals surface area contributed by atoms with Crippen molar-refractivity contribution in [1.82, 2.24) is 29.9 Å². The van der Waals surface area contributed by atoms with Crippen LogP contribution >= 0.6 is 19.6 Å². The van der Waals surface area contributed by atoms with Crippen LogP contribution in [-0.4, -0.2) is 60.0 Å². The standard InChI is InChI=1S/C19H17ClN7O5P/c1-33(30)32-12-4-6-16(29)15(10-12)27-25-13-5-3-11(9-14(13)26-27)21-18-22-17(20)23-19(24-18)31-8-2-7-28/h3-6,9-10,28H,2,7-8H2,1H3,(H-,21,22,23,24,26,29)/p+1. The summed E-state index contributed by atoms with van der Waals surface area (Å²) in [6.07, 6.45) is 0.430. The molecule has 2 aromatic heterocycles. The van der Waals surface area contributed by atoms with Crippen molar-refractivity contribution < 1.29 is 24.0 Å². The number of hydrogen-bond acceptors (Lipinski definition) is 11. The maximum Gasteiger partial charge on any atom is 0.552 e. The summed E-state index contributed by atoms with van der Waals surface area (Å²) in [5.41, 5.74) is 1.95. The number of aromatic nitrogens is 6. The first-order valence-electron chi connectivity index (χ1n) is 9.63. The summed E-state index contributed by atoms with van der Waals surface area (Å²) in [4.78, 5) is 13.3. The SMILES string of the molecule is C[P+](=O)Oc1ccc(O)c(-n2nc3ccc(Nc4nc(Cl)nc(OCCCO)n4)cc3n2)c1. The molecule has 0 aliphatic heterocycles. The minimum absolute atomic E-state index is 0.0156. The number of aliphatic hydroxyl groups excluding tert-OH is 1. The van der Waals surface area contributed by atoms with Gasteiger partial charge in [-0.3, -0.25) is 4.52 Å². The lowest BCUT2D eigenvalue weighted by Gasteiger charge is -2.07. The van der Waals surface area contributed by atoms with Crippen LogP contribution in [0.5, 0.6) is 17.5 Å². The number of hydrogen-bond donors (Lipinski definition) is 3. The third-order valence-corrected chi connectivity index (χ3v) is 4.79. The van der Waals surface area contributed by atoms with Crippen LogP contribution in [0.3, 0.4) is 0 Å². The van der Waals surface area contributed by atoms with Gasteiger partial charge in [0, 0.05) is 24.8 Å². The van der Waals surface area contributed by atoms with Gasteiger partial charge in [-0.2, -0.15) is 15.0 Å². The number of fused-ring (bicyclic) bond motifs is 1. The topological polar surface area (TPSA) is 157 Å². The number of benzene rings is 2. The van der Waals surface area contributed by atoms with Gasteiger partial charge in [-0.05, 0) is 46.5 Å². The van der Waals surface area contributed by atoms with Gasteiger partial charge in [0.2, 0.25) is 11.2 Å². The van der Waals surface area contributed by atoms with Gasteiger partial charge in [0.15, 0.2) is 12.4 Å². The number of anilines is 2. The van der Waals surface area contributed by atoms with Gasteiger partial charge in [0.05, 0.1) is 6.61 Å². The Hall–Kier alpha value is -3.60. The Morgan fingerprint density at radius 3 is 2.73 bits per heavy atom. The second-order valence-corrected chi connectivity index (χ2v) is 8.04. The van der Waals surface area contributed by atoms with E-state index in [2.05, 4.69) is 30.5 Å². The lowest BCUT2D eigenvalue weighted by molar-refractivity contribution is 0.224. The van der Waals surface area contributed by atoms with Crippen molar-refractivity contribution in [2.24, 2.45) is 0 Å². The Bertz CT molecular complexity index is 1320. The molecular weight excluding hydrogens is 473 g/mol. The number of phenols is 1. The highest BCUT2D eigenvalue weighted by Crippen LogP contribution is 2.31. The van der Waals surface area contributed by atoms with Gasteiger partial charge in [-0.15, -0.1) is 15.0 Å². The minimum Gasteiger partial charge on any atom is -0.506 e. The molecule has 2 aromatic carbocycles. The van der Waals surface area contributed by atoms with Crippen molar-refractivity contribution in [2.45, 2.75) is 6.42 Å². The van der Waals surface area contributed by atoms with Crippen LogP contribution in [0.15, 0.2) is 36.4 Å². The number of rotatable bonds is 9. The zero-order valence-corrected chi connectivity index (χ0v) is 18.9. The van der Waals surface area contributed by atoms with E-state index >= 15 is 0 Å². The van der Waals surface area contributed by atoms with Crippen LogP contribution in [-0.2, 0) is 4.57 Å². The molecule has 2 heterocycles. The predicted octanol–water partition coefficient (Wildman–Crippen LogP) is 3.22. The quantitative estimate of drug-likeness (QED) is 0.233. The Morgan fingerprint density at radius 2 is 1.94 bits per heavy atom. The number of nitrogens with one attached hydrogen (secondary N) is 1. The monoisotopic (exact) mass is 490 g/mol.